The summed E-state index contributed by atoms with van der Waals surface area (Å²) in [4.78, 5) is 15.6. The highest BCUT2D eigenvalue weighted by molar-refractivity contribution is 5.98. The Hall–Kier alpha value is -2.87. The minimum atomic E-state index is -0.296. The van der Waals surface area contributed by atoms with Crippen molar-refractivity contribution in [2.75, 3.05) is 4.90 Å². The zero-order valence-corrected chi connectivity index (χ0v) is 17.8. The van der Waals surface area contributed by atoms with E-state index >= 15 is 0 Å². The largest absolute Gasteiger partial charge is 0.306 e. The Labute approximate surface area is 174 Å². The van der Waals surface area contributed by atoms with Crippen molar-refractivity contribution in [3.8, 4) is 0 Å². The summed E-state index contributed by atoms with van der Waals surface area (Å²) in [6.45, 7) is 8.84. The van der Waals surface area contributed by atoms with E-state index in [0.717, 1.165) is 23.2 Å². The fraction of sp³-hybridized carbons (Fsp3) is 0.296. The second-order valence-electron chi connectivity index (χ2n) is 9.05. The minimum absolute atomic E-state index is 0.143. The molecule has 0 aromatic heterocycles. The molecule has 1 aliphatic rings. The summed E-state index contributed by atoms with van der Waals surface area (Å²) >= 11 is 0. The minimum Gasteiger partial charge on any atom is -0.306 e. The van der Waals surface area contributed by atoms with Gasteiger partial charge in [0, 0.05) is 11.0 Å². The highest BCUT2D eigenvalue weighted by Crippen LogP contribution is 2.51. The Kier molecular flexibility index (Phi) is 4.82. The third-order valence-electron chi connectivity index (χ3n) is 6.31. The number of aryl methyl sites for hydroxylation is 1. The molecule has 0 spiro atoms. The van der Waals surface area contributed by atoms with Crippen molar-refractivity contribution in [3.05, 3.63) is 101 Å². The van der Waals surface area contributed by atoms with Gasteiger partial charge in [0.2, 0.25) is 5.91 Å². The standard InChI is InChI=1S/C27H29NO/c1-20-12-11-17-23-25(20)28(24(29)18-21-13-7-5-8-14-21)26(2,3)19-27(23,4)22-15-9-6-10-16-22/h5-17H,18-19H2,1-4H3. The lowest BCUT2D eigenvalue weighted by molar-refractivity contribution is -0.119. The Bertz CT molecular complexity index is 1020. The molecule has 29 heavy (non-hydrogen) atoms. The van der Waals surface area contributed by atoms with E-state index in [1.54, 1.807) is 0 Å². The van der Waals surface area contributed by atoms with Gasteiger partial charge in [0.1, 0.15) is 0 Å². The van der Waals surface area contributed by atoms with Gasteiger partial charge in [0.25, 0.3) is 0 Å². The maximum atomic E-state index is 13.6. The molecule has 0 saturated carbocycles. The molecule has 3 aromatic carbocycles. The first-order valence-electron chi connectivity index (χ1n) is 10.4. The number of nitrogens with zero attached hydrogens (tertiary/aromatic N) is 1. The van der Waals surface area contributed by atoms with Gasteiger partial charge in [-0.25, -0.2) is 0 Å². The molecule has 1 atom stereocenters. The number of anilines is 1. The number of hydrogen-bond donors (Lipinski definition) is 0. The van der Waals surface area contributed by atoms with E-state index in [1.807, 2.05) is 30.3 Å². The van der Waals surface area contributed by atoms with Crippen molar-refractivity contribution in [2.24, 2.45) is 0 Å². The van der Waals surface area contributed by atoms with Crippen molar-refractivity contribution < 1.29 is 4.79 Å². The van der Waals surface area contributed by atoms with Gasteiger partial charge in [0.15, 0.2) is 0 Å². The van der Waals surface area contributed by atoms with Crippen LogP contribution in [-0.2, 0) is 16.6 Å². The van der Waals surface area contributed by atoms with Crippen LogP contribution in [0.1, 0.15) is 49.4 Å². The molecule has 2 nitrogen and oxygen atoms in total. The second kappa shape index (κ2) is 7.18. The Balaban J connectivity index is 1.85. The normalized spacial score (nSPS) is 20.2. The van der Waals surface area contributed by atoms with Crippen LogP contribution in [0.3, 0.4) is 0 Å². The van der Waals surface area contributed by atoms with E-state index < -0.39 is 0 Å². The van der Waals surface area contributed by atoms with Crippen LogP contribution in [0.25, 0.3) is 0 Å². The van der Waals surface area contributed by atoms with Crippen molar-refractivity contribution in [1.29, 1.82) is 0 Å². The molecule has 3 aromatic rings. The Morgan fingerprint density at radius 3 is 2.14 bits per heavy atom. The summed E-state index contributed by atoms with van der Waals surface area (Å²) in [5, 5.41) is 0. The SMILES string of the molecule is Cc1cccc2c1N(C(=O)Cc1ccccc1)C(C)(C)CC2(C)c1ccccc1. The van der Waals surface area contributed by atoms with Crippen LogP contribution < -0.4 is 4.90 Å². The quantitative estimate of drug-likeness (QED) is 0.538. The van der Waals surface area contributed by atoms with Crippen LogP contribution in [0.4, 0.5) is 5.69 Å². The molecule has 1 amide bonds. The summed E-state index contributed by atoms with van der Waals surface area (Å²) < 4.78 is 0. The molecule has 0 N–H and O–H groups in total. The molecular formula is C27H29NO. The second-order valence-corrected chi connectivity index (χ2v) is 9.05. The number of para-hydroxylation sites is 1. The molecule has 1 aliphatic heterocycles. The number of carbonyl (C=O) groups excluding carboxylic acids is 1. The van der Waals surface area contributed by atoms with Gasteiger partial charge in [-0.15, -0.1) is 0 Å². The summed E-state index contributed by atoms with van der Waals surface area (Å²) in [5.41, 5.74) is 5.39. The summed E-state index contributed by atoms with van der Waals surface area (Å²) in [7, 11) is 0. The lowest BCUT2D eigenvalue weighted by atomic mass is 9.64. The highest BCUT2D eigenvalue weighted by atomic mass is 16.2. The molecule has 0 saturated heterocycles. The monoisotopic (exact) mass is 383 g/mol. The number of amides is 1. The third-order valence-corrected chi connectivity index (χ3v) is 6.31. The molecule has 1 unspecified atom stereocenters. The average molecular weight is 384 g/mol. The van der Waals surface area contributed by atoms with E-state index in [2.05, 4.69) is 81.1 Å². The molecule has 0 radical (unpaired) electrons. The maximum Gasteiger partial charge on any atom is 0.231 e. The smallest absolute Gasteiger partial charge is 0.231 e. The zero-order chi connectivity index (χ0) is 20.6. The first-order chi connectivity index (χ1) is 13.8. The van der Waals surface area contributed by atoms with Gasteiger partial charge in [-0.3, -0.25) is 4.79 Å². The van der Waals surface area contributed by atoms with Crippen LogP contribution in [0, 0.1) is 6.92 Å². The van der Waals surface area contributed by atoms with E-state index in [4.69, 9.17) is 0 Å². The van der Waals surface area contributed by atoms with Gasteiger partial charge < -0.3 is 4.90 Å². The molecule has 0 bridgehead atoms. The van der Waals surface area contributed by atoms with Gasteiger partial charge in [0.05, 0.1) is 12.1 Å². The highest BCUT2D eigenvalue weighted by Gasteiger charge is 2.48. The number of hydrogen-bond acceptors (Lipinski definition) is 1. The van der Waals surface area contributed by atoms with E-state index in [1.165, 1.54) is 11.1 Å². The van der Waals surface area contributed by atoms with Crippen LogP contribution in [0.15, 0.2) is 78.9 Å². The van der Waals surface area contributed by atoms with Crippen LogP contribution >= 0.6 is 0 Å². The fourth-order valence-corrected chi connectivity index (χ4v) is 5.12. The van der Waals surface area contributed by atoms with Crippen molar-refractivity contribution in [1.82, 2.24) is 0 Å². The molecular weight excluding hydrogens is 354 g/mol. The Morgan fingerprint density at radius 1 is 0.862 bits per heavy atom. The van der Waals surface area contributed by atoms with Crippen LogP contribution in [0.2, 0.25) is 0 Å². The van der Waals surface area contributed by atoms with Crippen molar-refractivity contribution in [3.63, 3.8) is 0 Å². The van der Waals surface area contributed by atoms with Crippen molar-refractivity contribution >= 4 is 11.6 Å². The van der Waals surface area contributed by atoms with Gasteiger partial charge in [-0.2, -0.15) is 0 Å². The molecule has 148 valence electrons. The number of rotatable bonds is 3. The van der Waals surface area contributed by atoms with Gasteiger partial charge >= 0.3 is 0 Å². The summed E-state index contributed by atoms with van der Waals surface area (Å²) in [5.74, 6) is 0.159. The van der Waals surface area contributed by atoms with Crippen LogP contribution in [0.5, 0.6) is 0 Å². The predicted octanol–water partition coefficient (Wildman–Crippen LogP) is 6.06. The maximum absolute atomic E-state index is 13.6. The summed E-state index contributed by atoms with van der Waals surface area (Å²) in [6, 6.07) is 27.2. The van der Waals surface area contributed by atoms with Gasteiger partial charge in [-0.05, 0) is 49.4 Å². The first-order valence-corrected chi connectivity index (χ1v) is 10.4. The molecule has 4 rings (SSSR count). The average Bonchev–Trinajstić information content (AvgIpc) is 2.69. The molecule has 0 aliphatic carbocycles. The Morgan fingerprint density at radius 2 is 1.48 bits per heavy atom. The molecule has 2 heteroatoms. The van der Waals surface area contributed by atoms with E-state index in [0.29, 0.717) is 6.42 Å². The van der Waals surface area contributed by atoms with Gasteiger partial charge in [-0.1, -0.05) is 85.8 Å². The predicted molar refractivity (Wildman–Crippen MR) is 120 cm³/mol. The summed E-state index contributed by atoms with van der Waals surface area (Å²) in [6.07, 6.45) is 1.29. The topological polar surface area (TPSA) is 20.3 Å². The lowest BCUT2D eigenvalue weighted by Gasteiger charge is -2.52. The van der Waals surface area contributed by atoms with Crippen LogP contribution in [-0.4, -0.2) is 11.4 Å². The third kappa shape index (κ3) is 3.37. The first kappa shape index (κ1) is 19.4. The van der Waals surface area contributed by atoms with E-state index in [9.17, 15) is 4.79 Å². The van der Waals surface area contributed by atoms with Crippen molar-refractivity contribution in [2.45, 2.75) is 51.5 Å². The number of fused-ring (bicyclic) bond motifs is 1. The molecule has 0 fully saturated rings. The fourth-order valence-electron chi connectivity index (χ4n) is 5.12. The van der Waals surface area contributed by atoms with E-state index in [-0.39, 0.29) is 16.9 Å². The lowest BCUT2D eigenvalue weighted by Crippen LogP contribution is -2.56. The number of benzene rings is 3. The number of carbonyl (C=O) groups is 1. The molecule has 1 heterocycles. The zero-order valence-electron chi connectivity index (χ0n) is 17.8.